The Kier molecular flexibility index (Phi) is 2.71. The van der Waals surface area contributed by atoms with Crippen LogP contribution in [0.3, 0.4) is 0 Å². The lowest BCUT2D eigenvalue weighted by Crippen LogP contribution is -2.01. The number of Topliss-reactive ketones (excluding diaryl/α,β-unsaturated/α-hetero) is 1. The van der Waals surface area contributed by atoms with Crippen LogP contribution in [0.25, 0.3) is 0 Å². The third-order valence-corrected chi connectivity index (χ3v) is 2.64. The number of rotatable bonds is 4. The van der Waals surface area contributed by atoms with Crippen LogP contribution in [0.1, 0.15) is 29.6 Å². The van der Waals surface area contributed by atoms with E-state index < -0.39 is 5.82 Å². The second-order valence-electron chi connectivity index (χ2n) is 3.92. The molecule has 1 aliphatic carbocycles. The highest BCUT2D eigenvalue weighted by Gasteiger charge is 2.25. The van der Waals surface area contributed by atoms with Crippen LogP contribution in [0.5, 0.6) is 5.75 Å². The molecule has 15 heavy (non-hydrogen) atoms. The Labute approximate surface area is 88.1 Å². The Bertz CT molecular complexity index is 383. The molecule has 0 atom stereocenters. The van der Waals surface area contributed by atoms with Crippen LogP contribution in [-0.2, 0) is 0 Å². The van der Waals surface area contributed by atoms with Gasteiger partial charge in [-0.3, -0.25) is 4.79 Å². The van der Waals surface area contributed by atoms with Crippen molar-refractivity contribution in [2.24, 2.45) is 5.92 Å². The van der Waals surface area contributed by atoms with Crippen LogP contribution < -0.4 is 4.74 Å². The Hall–Kier alpha value is -1.38. The van der Waals surface area contributed by atoms with Crippen LogP contribution in [0.15, 0.2) is 18.2 Å². The van der Waals surface area contributed by atoms with Crippen LogP contribution in [-0.4, -0.2) is 12.9 Å². The van der Waals surface area contributed by atoms with Crippen LogP contribution >= 0.6 is 0 Å². The number of methoxy groups -OCH3 is 1. The zero-order chi connectivity index (χ0) is 10.8. The monoisotopic (exact) mass is 208 g/mol. The van der Waals surface area contributed by atoms with Crippen LogP contribution in [0, 0.1) is 11.7 Å². The average Bonchev–Trinajstić information content (AvgIpc) is 3.02. The fourth-order valence-electron chi connectivity index (χ4n) is 1.54. The standard InChI is InChI=1S/C12H13FO2/c1-15-12-7-9(4-5-10(12)13)11(14)6-8-2-3-8/h4-5,7-8H,2-3,6H2,1H3. The summed E-state index contributed by atoms with van der Waals surface area (Å²) in [6.45, 7) is 0. The molecule has 80 valence electrons. The number of hydrogen-bond acceptors (Lipinski definition) is 2. The molecule has 0 aliphatic heterocycles. The molecule has 0 bridgehead atoms. The zero-order valence-corrected chi connectivity index (χ0v) is 8.63. The predicted octanol–water partition coefficient (Wildman–Crippen LogP) is 2.82. The van der Waals surface area contributed by atoms with Gasteiger partial charge in [0.25, 0.3) is 0 Å². The quantitative estimate of drug-likeness (QED) is 0.711. The summed E-state index contributed by atoms with van der Waals surface area (Å²) in [6.07, 6.45) is 2.86. The summed E-state index contributed by atoms with van der Waals surface area (Å²) in [5, 5.41) is 0. The molecule has 1 saturated carbocycles. The SMILES string of the molecule is COc1cc(C(=O)CC2CC2)ccc1F. The molecule has 0 saturated heterocycles. The number of benzene rings is 1. The first-order valence-electron chi connectivity index (χ1n) is 5.07. The van der Waals surface area contributed by atoms with E-state index in [1.165, 1.54) is 25.3 Å². The van der Waals surface area contributed by atoms with Crippen molar-refractivity contribution in [1.82, 2.24) is 0 Å². The van der Waals surface area contributed by atoms with Gasteiger partial charge in [0.15, 0.2) is 17.3 Å². The molecule has 0 heterocycles. The number of carbonyl (C=O) groups is 1. The third-order valence-electron chi connectivity index (χ3n) is 2.64. The number of carbonyl (C=O) groups excluding carboxylic acids is 1. The van der Waals surface area contributed by atoms with Crippen LogP contribution in [0.2, 0.25) is 0 Å². The van der Waals surface area contributed by atoms with Crippen molar-refractivity contribution in [3.63, 3.8) is 0 Å². The van der Waals surface area contributed by atoms with Gasteiger partial charge in [-0.05, 0) is 37.0 Å². The minimum absolute atomic E-state index is 0.0794. The van der Waals surface area contributed by atoms with E-state index in [1.807, 2.05) is 0 Å². The second kappa shape index (κ2) is 4.01. The third kappa shape index (κ3) is 2.35. The largest absolute Gasteiger partial charge is 0.494 e. The van der Waals surface area contributed by atoms with Gasteiger partial charge >= 0.3 is 0 Å². The van der Waals surface area contributed by atoms with Crippen molar-refractivity contribution in [3.8, 4) is 5.75 Å². The summed E-state index contributed by atoms with van der Waals surface area (Å²) >= 11 is 0. The molecule has 0 spiro atoms. The van der Waals surface area contributed by atoms with E-state index in [-0.39, 0.29) is 11.5 Å². The number of ether oxygens (including phenoxy) is 1. The maximum absolute atomic E-state index is 13.1. The van der Waals surface area contributed by atoms with Crippen LogP contribution in [0.4, 0.5) is 4.39 Å². The molecule has 1 aromatic carbocycles. The molecular formula is C12H13FO2. The van der Waals surface area contributed by atoms with E-state index >= 15 is 0 Å². The summed E-state index contributed by atoms with van der Waals surface area (Å²) in [5.41, 5.74) is 0.542. The fourth-order valence-corrected chi connectivity index (χ4v) is 1.54. The minimum Gasteiger partial charge on any atom is -0.494 e. The van der Waals surface area contributed by atoms with E-state index in [9.17, 15) is 9.18 Å². The van der Waals surface area contributed by atoms with Gasteiger partial charge in [0.2, 0.25) is 0 Å². The average molecular weight is 208 g/mol. The molecular weight excluding hydrogens is 195 g/mol. The van der Waals surface area contributed by atoms with Gasteiger partial charge in [0.05, 0.1) is 7.11 Å². The lowest BCUT2D eigenvalue weighted by atomic mass is 10.1. The Morgan fingerprint density at radius 1 is 1.53 bits per heavy atom. The van der Waals surface area contributed by atoms with Gasteiger partial charge in [-0.2, -0.15) is 0 Å². The predicted molar refractivity (Wildman–Crippen MR) is 54.6 cm³/mol. The molecule has 0 unspecified atom stereocenters. The highest BCUT2D eigenvalue weighted by molar-refractivity contribution is 5.96. The van der Waals surface area contributed by atoms with Gasteiger partial charge < -0.3 is 4.74 Å². The molecule has 2 nitrogen and oxygen atoms in total. The summed E-state index contributed by atoms with van der Waals surface area (Å²) in [5.74, 6) is 0.335. The van der Waals surface area contributed by atoms with E-state index in [4.69, 9.17) is 4.74 Å². The Balaban J connectivity index is 2.16. The molecule has 1 aliphatic rings. The normalized spacial score (nSPS) is 15.1. The highest BCUT2D eigenvalue weighted by Crippen LogP contribution is 2.33. The van der Waals surface area contributed by atoms with Crippen molar-refractivity contribution in [1.29, 1.82) is 0 Å². The number of hydrogen-bond donors (Lipinski definition) is 0. The topological polar surface area (TPSA) is 26.3 Å². The van der Waals surface area contributed by atoms with Crippen molar-refractivity contribution in [2.45, 2.75) is 19.3 Å². The molecule has 0 N–H and O–H groups in total. The molecule has 1 fully saturated rings. The minimum atomic E-state index is -0.430. The lowest BCUT2D eigenvalue weighted by Gasteiger charge is -2.04. The molecule has 1 aromatic rings. The summed E-state index contributed by atoms with van der Waals surface area (Å²) in [4.78, 5) is 11.7. The summed E-state index contributed by atoms with van der Waals surface area (Å²) in [7, 11) is 1.40. The van der Waals surface area contributed by atoms with Crippen molar-refractivity contribution < 1.29 is 13.9 Å². The first kappa shape index (κ1) is 10.1. The smallest absolute Gasteiger partial charge is 0.165 e. The zero-order valence-electron chi connectivity index (χ0n) is 8.63. The number of ketones is 1. The van der Waals surface area contributed by atoms with Gasteiger partial charge in [0.1, 0.15) is 0 Å². The maximum Gasteiger partial charge on any atom is 0.165 e. The highest BCUT2D eigenvalue weighted by atomic mass is 19.1. The van der Waals surface area contributed by atoms with E-state index in [1.54, 1.807) is 0 Å². The fraction of sp³-hybridized carbons (Fsp3) is 0.417. The van der Waals surface area contributed by atoms with Crippen molar-refractivity contribution >= 4 is 5.78 Å². The summed E-state index contributed by atoms with van der Waals surface area (Å²) in [6, 6.07) is 4.27. The van der Waals surface area contributed by atoms with E-state index in [0.717, 1.165) is 12.8 Å². The summed E-state index contributed by atoms with van der Waals surface area (Å²) < 4.78 is 17.9. The Morgan fingerprint density at radius 3 is 2.87 bits per heavy atom. The number of halogens is 1. The molecule has 0 amide bonds. The Morgan fingerprint density at radius 2 is 2.27 bits per heavy atom. The maximum atomic E-state index is 13.1. The van der Waals surface area contributed by atoms with E-state index in [0.29, 0.717) is 17.9 Å². The first-order chi connectivity index (χ1) is 7.20. The first-order valence-corrected chi connectivity index (χ1v) is 5.07. The molecule has 0 radical (unpaired) electrons. The van der Waals surface area contributed by atoms with Gasteiger partial charge in [0, 0.05) is 12.0 Å². The lowest BCUT2D eigenvalue weighted by molar-refractivity contribution is 0.0975. The van der Waals surface area contributed by atoms with Crippen molar-refractivity contribution in [2.75, 3.05) is 7.11 Å². The van der Waals surface area contributed by atoms with Gasteiger partial charge in [-0.15, -0.1) is 0 Å². The molecule has 2 rings (SSSR count). The van der Waals surface area contributed by atoms with Gasteiger partial charge in [-0.1, -0.05) is 0 Å². The van der Waals surface area contributed by atoms with Gasteiger partial charge in [-0.25, -0.2) is 4.39 Å². The molecule has 3 heteroatoms. The molecule has 0 aromatic heterocycles. The van der Waals surface area contributed by atoms with Crippen molar-refractivity contribution in [3.05, 3.63) is 29.6 Å². The van der Waals surface area contributed by atoms with E-state index in [2.05, 4.69) is 0 Å². The second-order valence-corrected chi connectivity index (χ2v) is 3.92.